The molecule has 2 amide bonds. The van der Waals surface area contributed by atoms with Gasteiger partial charge in [0.1, 0.15) is 12.6 Å². The lowest BCUT2D eigenvalue weighted by Gasteiger charge is -2.34. The van der Waals surface area contributed by atoms with Crippen molar-refractivity contribution >= 4 is 61.5 Å². The van der Waals surface area contributed by atoms with Gasteiger partial charge in [0.2, 0.25) is 21.8 Å². The van der Waals surface area contributed by atoms with Crippen molar-refractivity contribution in [2.24, 2.45) is 0 Å². The van der Waals surface area contributed by atoms with E-state index in [1.165, 1.54) is 4.90 Å². The SMILES string of the molecule is CCCCNC(=O)[C@H](Cc1ccccc1)N(Cc1ccc(Cl)cc1Cl)C(=O)CN(c1cccc2ccccc12)S(C)(=O)=O. The van der Waals surface area contributed by atoms with Gasteiger partial charge in [-0.2, -0.15) is 0 Å². The van der Waals surface area contributed by atoms with E-state index >= 15 is 0 Å². The zero-order chi connectivity index (χ0) is 31.0. The minimum absolute atomic E-state index is 0.0271. The van der Waals surface area contributed by atoms with Gasteiger partial charge in [-0.3, -0.25) is 13.9 Å². The Balaban J connectivity index is 1.78. The first-order valence-electron chi connectivity index (χ1n) is 14.1. The molecule has 0 bridgehead atoms. The van der Waals surface area contributed by atoms with E-state index in [-0.39, 0.29) is 18.9 Å². The lowest BCUT2D eigenvalue weighted by Crippen LogP contribution is -2.53. The minimum atomic E-state index is -3.91. The summed E-state index contributed by atoms with van der Waals surface area (Å²) >= 11 is 12.7. The number of nitrogens with zero attached hydrogens (tertiary/aromatic N) is 2. The highest BCUT2D eigenvalue weighted by molar-refractivity contribution is 7.92. The predicted octanol–water partition coefficient (Wildman–Crippen LogP) is 6.47. The Kier molecular flexibility index (Phi) is 11.1. The number of hydrogen-bond donors (Lipinski definition) is 1. The zero-order valence-corrected chi connectivity index (χ0v) is 26.5. The summed E-state index contributed by atoms with van der Waals surface area (Å²) in [5, 5.41) is 5.27. The summed E-state index contributed by atoms with van der Waals surface area (Å²) in [5.41, 5.74) is 1.81. The average molecular weight is 641 g/mol. The Labute approximate surface area is 263 Å². The highest BCUT2D eigenvalue weighted by Gasteiger charge is 2.33. The number of carbonyl (C=O) groups is 2. The molecular weight excluding hydrogens is 605 g/mol. The molecule has 4 aromatic rings. The normalized spacial score (nSPS) is 12.1. The molecule has 0 aromatic heterocycles. The van der Waals surface area contributed by atoms with Crippen LogP contribution >= 0.6 is 23.2 Å². The maximum atomic E-state index is 14.3. The lowest BCUT2D eigenvalue weighted by molar-refractivity contribution is -0.140. The summed E-state index contributed by atoms with van der Waals surface area (Å²) in [6, 6.07) is 26.1. The van der Waals surface area contributed by atoms with Gasteiger partial charge in [-0.25, -0.2) is 8.42 Å². The maximum absolute atomic E-state index is 14.3. The molecule has 0 aliphatic rings. The molecule has 10 heteroatoms. The second-order valence-electron chi connectivity index (χ2n) is 10.4. The summed E-state index contributed by atoms with van der Waals surface area (Å²) in [4.78, 5) is 29.5. The van der Waals surface area contributed by atoms with E-state index < -0.39 is 28.5 Å². The summed E-state index contributed by atoms with van der Waals surface area (Å²) < 4.78 is 27.5. The fourth-order valence-corrected chi connectivity index (χ4v) is 6.24. The fourth-order valence-electron chi connectivity index (χ4n) is 4.91. The van der Waals surface area contributed by atoms with E-state index in [1.54, 1.807) is 30.3 Å². The maximum Gasteiger partial charge on any atom is 0.244 e. The van der Waals surface area contributed by atoms with E-state index in [9.17, 15) is 18.0 Å². The third-order valence-electron chi connectivity index (χ3n) is 7.17. The molecule has 7 nitrogen and oxygen atoms in total. The smallest absolute Gasteiger partial charge is 0.244 e. The predicted molar refractivity (Wildman–Crippen MR) is 175 cm³/mol. The van der Waals surface area contributed by atoms with Crippen LogP contribution in [-0.4, -0.2) is 50.5 Å². The van der Waals surface area contributed by atoms with Gasteiger partial charge in [0.25, 0.3) is 0 Å². The fraction of sp³-hybridized carbons (Fsp3) is 0.273. The first-order chi connectivity index (χ1) is 20.6. The van der Waals surface area contributed by atoms with Gasteiger partial charge in [-0.15, -0.1) is 0 Å². The van der Waals surface area contributed by atoms with Crippen LogP contribution in [0.15, 0.2) is 91.0 Å². The van der Waals surface area contributed by atoms with Gasteiger partial charge >= 0.3 is 0 Å². The van der Waals surface area contributed by atoms with Crippen LogP contribution < -0.4 is 9.62 Å². The van der Waals surface area contributed by atoms with Crippen LogP contribution in [0.2, 0.25) is 10.0 Å². The highest BCUT2D eigenvalue weighted by atomic mass is 35.5. The molecule has 1 N–H and O–H groups in total. The minimum Gasteiger partial charge on any atom is -0.354 e. The molecule has 4 rings (SSSR count). The molecule has 0 saturated carbocycles. The molecule has 0 saturated heterocycles. The molecule has 1 atom stereocenters. The third kappa shape index (κ3) is 8.50. The van der Waals surface area contributed by atoms with E-state index in [1.807, 2.05) is 67.6 Å². The monoisotopic (exact) mass is 639 g/mol. The van der Waals surface area contributed by atoms with Crippen molar-refractivity contribution < 1.29 is 18.0 Å². The van der Waals surface area contributed by atoms with Gasteiger partial charge in [-0.05, 0) is 41.1 Å². The largest absolute Gasteiger partial charge is 0.354 e. The number of halogens is 2. The number of amides is 2. The first kappa shape index (κ1) is 32.3. The quantitative estimate of drug-likeness (QED) is 0.170. The summed E-state index contributed by atoms with van der Waals surface area (Å²) in [7, 11) is -3.91. The van der Waals surface area contributed by atoms with Crippen LogP contribution in [0, 0.1) is 0 Å². The van der Waals surface area contributed by atoms with Crippen LogP contribution in [0.25, 0.3) is 10.8 Å². The molecule has 0 aliphatic carbocycles. The highest BCUT2D eigenvalue weighted by Crippen LogP contribution is 2.29. The Bertz CT molecular complexity index is 1680. The van der Waals surface area contributed by atoms with Crippen molar-refractivity contribution in [3.05, 3.63) is 112 Å². The first-order valence-corrected chi connectivity index (χ1v) is 16.7. The number of sulfonamides is 1. The topological polar surface area (TPSA) is 86.8 Å². The molecule has 0 spiro atoms. The Morgan fingerprint density at radius 1 is 0.907 bits per heavy atom. The molecule has 0 radical (unpaired) electrons. The van der Waals surface area contributed by atoms with Crippen LogP contribution in [0.5, 0.6) is 0 Å². The van der Waals surface area contributed by atoms with Crippen LogP contribution in [0.1, 0.15) is 30.9 Å². The van der Waals surface area contributed by atoms with E-state index in [4.69, 9.17) is 23.2 Å². The van der Waals surface area contributed by atoms with Crippen molar-refractivity contribution in [2.45, 2.75) is 38.8 Å². The van der Waals surface area contributed by atoms with Crippen LogP contribution in [0.4, 0.5) is 5.69 Å². The zero-order valence-electron chi connectivity index (χ0n) is 24.2. The Hall–Kier alpha value is -3.59. The van der Waals surface area contributed by atoms with Crippen molar-refractivity contribution in [1.29, 1.82) is 0 Å². The van der Waals surface area contributed by atoms with Crippen LogP contribution in [0.3, 0.4) is 0 Å². The number of nitrogens with one attached hydrogen (secondary N) is 1. The Morgan fingerprint density at radius 2 is 1.60 bits per heavy atom. The number of carbonyl (C=O) groups excluding carboxylic acids is 2. The van der Waals surface area contributed by atoms with Gasteiger partial charge in [0, 0.05) is 34.9 Å². The number of rotatable bonds is 13. The number of hydrogen-bond acceptors (Lipinski definition) is 4. The van der Waals surface area contributed by atoms with E-state index in [2.05, 4.69) is 5.32 Å². The second kappa shape index (κ2) is 14.7. The third-order valence-corrected chi connectivity index (χ3v) is 8.88. The molecule has 4 aromatic carbocycles. The van der Waals surface area contributed by atoms with Crippen molar-refractivity contribution in [1.82, 2.24) is 10.2 Å². The average Bonchev–Trinajstić information content (AvgIpc) is 2.98. The van der Waals surface area contributed by atoms with Crippen molar-refractivity contribution in [3.8, 4) is 0 Å². The van der Waals surface area contributed by atoms with Crippen LogP contribution in [-0.2, 0) is 32.6 Å². The number of anilines is 1. The molecule has 43 heavy (non-hydrogen) atoms. The van der Waals surface area contributed by atoms with Gasteiger partial charge < -0.3 is 10.2 Å². The molecular formula is C33H35Cl2N3O4S. The summed E-state index contributed by atoms with van der Waals surface area (Å²) in [6.45, 7) is 1.95. The molecule has 0 fully saturated rings. The molecule has 0 heterocycles. The van der Waals surface area contributed by atoms with E-state index in [0.717, 1.165) is 34.4 Å². The van der Waals surface area contributed by atoms with E-state index in [0.29, 0.717) is 33.2 Å². The van der Waals surface area contributed by atoms with Gasteiger partial charge in [0.15, 0.2) is 0 Å². The van der Waals surface area contributed by atoms with Gasteiger partial charge in [0.05, 0.1) is 11.9 Å². The number of unbranched alkanes of at least 4 members (excludes halogenated alkanes) is 1. The molecule has 226 valence electrons. The molecule has 0 unspecified atom stereocenters. The van der Waals surface area contributed by atoms with Crippen molar-refractivity contribution in [3.63, 3.8) is 0 Å². The standard InChI is InChI=1S/C33H35Cl2N3O4S/c1-3-4-19-36-33(40)31(20-24-11-6-5-7-12-24)37(22-26-17-18-27(34)21-29(26)35)32(39)23-38(43(2,41)42)30-16-10-14-25-13-8-9-15-28(25)30/h5-18,21,31H,3-4,19-20,22-23H2,1-2H3,(H,36,40)/t31-/m0/s1. The Morgan fingerprint density at radius 3 is 2.30 bits per heavy atom. The second-order valence-corrected chi connectivity index (χ2v) is 13.1. The number of fused-ring (bicyclic) bond motifs is 1. The molecule has 0 aliphatic heterocycles. The number of benzene rings is 4. The van der Waals surface area contributed by atoms with Crippen molar-refractivity contribution in [2.75, 3.05) is 23.7 Å². The lowest BCUT2D eigenvalue weighted by atomic mass is 10.0. The summed E-state index contributed by atoms with van der Waals surface area (Å²) in [6.07, 6.45) is 2.97. The van der Waals surface area contributed by atoms with Gasteiger partial charge in [-0.1, -0.05) is 109 Å². The summed E-state index contributed by atoms with van der Waals surface area (Å²) in [5.74, 6) is -0.872.